The average Bonchev–Trinajstić information content (AvgIpc) is 3.20. The Morgan fingerprint density at radius 3 is 1.71 bits per heavy atom. The molecule has 1 radical (unpaired) electrons. The Balaban J connectivity index is 0.000000567. The fourth-order valence-corrected chi connectivity index (χ4v) is 8.65. The summed E-state index contributed by atoms with van der Waals surface area (Å²) in [4.78, 5) is 16.8. The van der Waals surface area contributed by atoms with Crippen LogP contribution in [0.15, 0.2) is 12.5 Å². The van der Waals surface area contributed by atoms with Crippen molar-refractivity contribution in [3.63, 3.8) is 0 Å². The predicted molar refractivity (Wildman–Crippen MR) is 124 cm³/mol. The Bertz CT molecular complexity index is 443. The molecule has 0 saturated carbocycles. The minimum absolute atomic E-state index is 0.263. The molecule has 0 aliphatic carbocycles. The number of carboxylic acid groups (broad SMARTS) is 1. The van der Waals surface area contributed by atoms with E-state index in [9.17, 15) is 4.79 Å². The van der Waals surface area contributed by atoms with Crippen LogP contribution in [0, 0.1) is 0 Å². The van der Waals surface area contributed by atoms with Crippen molar-refractivity contribution in [2.75, 3.05) is 24.6 Å². The van der Waals surface area contributed by atoms with E-state index in [4.69, 9.17) is 10.8 Å². The molecule has 6 heteroatoms. The smallest absolute Gasteiger partial charge is 0.320 e. The minimum atomic E-state index is -1.01. The molecule has 0 fully saturated rings. The van der Waals surface area contributed by atoms with Crippen LogP contribution in [0.5, 0.6) is 0 Å². The molecule has 165 valence electrons. The van der Waals surface area contributed by atoms with Crippen LogP contribution >= 0.6 is 7.26 Å². The standard InChI is InChI=1S/C16H36P.C6H9N3O2/c1-5-9-13-17(14-10-6-2,15-11-7-3)16-12-8-4;7-5(6(10)11)1-4-2-8-3-9-4/h5-16H2,1-4H3;2-3,5H,1,7H2,(H,8,9)(H,10,11). The molecule has 0 aromatic carbocycles. The van der Waals surface area contributed by atoms with Crippen LogP contribution in [0.1, 0.15) is 84.8 Å². The third kappa shape index (κ3) is 12.5. The molecule has 28 heavy (non-hydrogen) atoms. The summed E-state index contributed by atoms with van der Waals surface area (Å²) in [5.41, 5.74) is 5.92. The highest BCUT2D eigenvalue weighted by atomic mass is 31.2. The molecule has 1 unspecified atom stereocenters. The number of nitrogens with zero attached hydrogens (tertiary/aromatic N) is 1. The van der Waals surface area contributed by atoms with Crippen molar-refractivity contribution in [1.29, 1.82) is 0 Å². The Kier molecular flexibility index (Phi) is 16.4. The Hall–Kier alpha value is -0.930. The molecule has 1 aromatic rings. The molecule has 5 nitrogen and oxygen atoms in total. The Morgan fingerprint density at radius 1 is 1.00 bits per heavy atom. The second-order valence-corrected chi connectivity index (χ2v) is 12.3. The molecule has 0 amide bonds. The first kappa shape index (κ1) is 27.1. The van der Waals surface area contributed by atoms with Gasteiger partial charge in [-0.2, -0.15) is 0 Å². The number of imidazole rings is 1. The van der Waals surface area contributed by atoms with Crippen molar-refractivity contribution < 1.29 is 9.90 Å². The lowest BCUT2D eigenvalue weighted by Crippen LogP contribution is -2.32. The van der Waals surface area contributed by atoms with E-state index in [1.54, 1.807) is 30.8 Å². The number of carboxylic acids is 1. The quantitative estimate of drug-likeness (QED) is 0.327. The molecule has 0 saturated heterocycles. The van der Waals surface area contributed by atoms with Gasteiger partial charge in [0.2, 0.25) is 0 Å². The fraction of sp³-hybridized carbons (Fsp3) is 0.818. The molecular formula is C22H45N3O2P. The minimum Gasteiger partial charge on any atom is -0.480 e. The van der Waals surface area contributed by atoms with Gasteiger partial charge in [-0.15, -0.1) is 7.26 Å². The van der Waals surface area contributed by atoms with Gasteiger partial charge in [0.05, 0.1) is 12.0 Å². The largest absolute Gasteiger partial charge is 0.480 e. The fourth-order valence-electron chi connectivity index (χ4n) is 3.36. The van der Waals surface area contributed by atoms with Gasteiger partial charge in [-0.05, 0) is 50.3 Å². The van der Waals surface area contributed by atoms with Crippen LogP contribution in [0.3, 0.4) is 0 Å². The molecule has 0 aliphatic rings. The molecule has 1 aromatic heterocycles. The summed E-state index contributed by atoms with van der Waals surface area (Å²) in [6.45, 7) is 9.42. The molecule has 1 heterocycles. The van der Waals surface area contributed by atoms with Gasteiger partial charge in [-0.3, -0.25) is 4.79 Å². The summed E-state index contributed by atoms with van der Waals surface area (Å²) in [6, 6.07) is -0.863. The van der Waals surface area contributed by atoms with Crippen LogP contribution in [0.4, 0.5) is 0 Å². The molecule has 0 bridgehead atoms. The third-order valence-electron chi connectivity index (χ3n) is 5.25. The van der Waals surface area contributed by atoms with Gasteiger partial charge in [0.1, 0.15) is 6.04 Å². The number of nitrogens with one attached hydrogen (secondary N) is 1. The van der Waals surface area contributed by atoms with E-state index >= 15 is 0 Å². The molecule has 4 N–H and O–H groups in total. The maximum Gasteiger partial charge on any atom is 0.320 e. The number of unbranched alkanes of at least 4 members (excludes halogenated alkanes) is 4. The van der Waals surface area contributed by atoms with Crippen molar-refractivity contribution in [2.45, 2.75) is 91.5 Å². The molecular weight excluding hydrogens is 369 g/mol. The van der Waals surface area contributed by atoms with Gasteiger partial charge >= 0.3 is 5.97 Å². The lowest BCUT2D eigenvalue weighted by molar-refractivity contribution is -0.138. The zero-order valence-electron chi connectivity index (χ0n) is 18.8. The number of rotatable bonds is 15. The SMILES string of the molecule is CCCC[P](CCCC)(CCCC)CCCC.NC(Cc1c[nH]cn1)C(=O)O. The summed E-state index contributed by atoms with van der Waals surface area (Å²) >= 11 is 0. The van der Waals surface area contributed by atoms with Crippen molar-refractivity contribution in [3.05, 3.63) is 18.2 Å². The van der Waals surface area contributed by atoms with Crippen LogP contribution in [-0.4, -0.2) is 51.7 Å². The second-order valence-electron chi connectivity index (χ2n) is 7.86. The summed E-state index contributed by atoms with van der Waals surface area (Å²) in [5.74, 6) is -1.01. The number of aliphatic carboxylic acids is 1. The summed E-state index contributed by atoms with van der Waals surface area (Å²) < 4.78 is 0. The number of H-pyrrole nitrogens is 1. The summed E-state index contributed by atoms with van der Waals surface area (Å²) in [5, 5.41) is 8.42. The van der Waals surface area contributed by atoms with Gasteiger partial charge < -0.3 is 15.8 Å². The maximum atomic E-state index is 10.3. The van der Waals surface area contributed by atoms with Gasteiger partial charge in [0.15, 0.2) is 0 Å². The van der Waals surface area contributed by atoms with E-state index in [-0.39, 0.29) is 6.42 Å². The number of aromatic nitrogens is 2. The zero-order chi connectivity index (χ0) is 21.3. The van der Waals surface area contributed by atoms with Gasteiger partial charge in [0.25, 0.3) is 0 Å². The van der Waals surface area contributed by atoms with Crippen LogP contribution < -0.4 is 5.73 Å². The number of hydrogen-bond acceptors (Lipinski definition) is 3. The first-order valence-electron chi connectivity index (χ1n) is 11.3. The zero-order valence-corrected chi connectivity index (χ0v) is 19.6. The van der Waals surface area contributed by atoms with Crippen LogP contribution in [0.2, 0.25) is 0 Å². The number of hydrogen-bond donors (Lipinski definition) is 3. The lowest BCUT2D eigenvalue weighted by Gasteiger charge is -2.37. The molecule has 0 aliphatic heterocycles. The highest BCUT2D eigenvalue weighted by Gasteiger charge is 2.24. The first-order chi connectivity index (χ1) is 13.4. The normalized spacial score (nSPS) is 12.3. The topological polar surface area (TPSA) is 92.0 Å². The monoisotopic (exact) mass is 414 g/mol. The van der Waals surface area contributed by atoms with Gasteiger partial charge in [0, 0.05) is 12.6 Å². The van der Waals surface area contributed by atoms with Crippen molar-refractivity contribution in [1.82, 2.24) is 9.97 Å². The van der Waals surface area contributed by atoms with Crippen molar-refractivity contribution in [3.8, 4) is 0 Å². The highest BCUT2D eigenvalue weighted by molar-refractivity contribution is 7.75. The Labute approximate surface area is 173 Å². The third-order valence-corrected chi connectivity index (χ3v) is 10.3. The maximum absolute atomic E-state index is 10.3. The summed E-state index contributed by atoms with van der Waals surface area (Å²) in [7, 11) is -0.562. The van der Waals surface area contributed by atoms with E-state index in [1.165, 1.54) is 57.7 Å². The number of aromatic amines is 1. The van der Waals surface area contributed by atoms with E-state index in [1.807, 2.05) is 0 Å². The second kappa shape index (κ2) is 17.0. The van der Waals surface area contributed by atoms with Crippen LogP contribution in [0.25, 0.3) is 0 Å². The van der Waals surface area contributed by atoms with E-state index in [0.29, 0.717) is 5.69 Å². The molecule has 1 atom stereocenters. The predicted octanol–water partition coefficient (Wildman–Crippen LogP) is 5.57. The van der Waals surface area contributed by atoms with E-state index in [0.717, 1.165) is 0 Å². The highest BCUT2D eigenvalue weighted by Crippen LogP contribution is 2.61. The first-order valence-corrected chi connectivity index (χ1v) is 13.8. The van der Waals surface area contributed by atoms with Crippen LogP contribution in [-0.2, 0) is 11.2 Å². The molecule has 1 rings (SSSR count). The van der Waals surface area contributed by atoms with E-state index < -0.39 is 19.3 Å². The number of carbonyl (C=O) groups is 1. The lowest BCUT2D eigenvalue weighted by atomic mass is 10.2. The van der Waals surface area contributed by atoms with Gasteiger partial charge in [-0.25, -0.2) is 4.98 Å². The summed E-state index contributed by atoms with van der Waals surface area (Å²) in [6.07, 6.45) is 21.3. The molecule has 0 spiro atoms. The average molecular weight is 415 g/mol. The van der Waals surface area contributed by atoms with Crippen molar-refractivity contribution >= 4 is 13.2 Å². The number of nitrogens with two attached hydrogens (primary N) is 1. The Morgan fingerprint density at radius 2 is 1.43 bits per heavy atom. The van der Waals surface area contributed by atoms with E-state index in [2.05, 4.69) is 37.7 Å². The van der Waals surface area contributed by atoms with Gasteiger partial charge in [-0.1, -0.05) is 53.4 Å². The van der Waals surface area contributed by atoms with Crippen molar-refractivity contribution in [2.24, 2.45) is 5.73 Å².